The molecule has 0 fully saturated rings. The van der Waals surface area contributed by atoms with Crippen molar-refractivity contribution in [1.29, 1.82) is 0 Å². The third-order valence-electron chi connectivity index (χ3n) is 13.4. The topological polar surface area (TPSA) is 264 Å². The monoisotopic (exact) mass is 1240 g/mol. The second-order valence-corrected chi connectivity index (χ2v) is 26.2. The number of unbranched alkanes of at least 4 members (excludes halogenated alkanes) is 32. The Morgan fingerprint density at radius 3 is 1.00 bits per heavy atom. The first-order valence-electron chi connectivity index (χ1n) is 32.1. The van der Waals surface area contributed by atoms with Gasteiger partial charge in [0.15, 0.2) is 5.96 Å². The molecule has 0 aliphatic heterocycles. The molecule has 0 bridgehead atoms. The van der Waals surface area contributed by atoms with Gasteiger partial charge in [-0.05, 0) is 83.5 Å². The molecule has 6 amide bonds. The number of carbonyl (C=O) groups excluding carboxylic acids is 6. The average Bonchev–Trinajstić information content (AvgIpc) is 3.47. The third kappa shape index (κ3) is 62.7. The molecule has 0 aromatic heterocycles. The van der Waals surface area contributed by atoms with Gasteiger partial charge in [-0.15, -0.1) is 0 Å². The number of aliphatic imine (C=N–C) groups is 1. The maximum absolute atomic E-state index is 12.8. The van der Waals surface area contributed by atoms with Gasteiger partial charge >= 0.3 is 0 Å². The van der Waals surface area contributed by atoms with Crippen LogP contribution in [0.1, 0.15) is 258 Å². The summed E-state index contributed by atoms with van der Waals surface area (Å²) in [4.78, 5) is 78.0. The minimum atomic E-state index is -1.02. The van der Waals surface area contributed by atoms with Gasteiger partial charge in [-0.1, -0.05) is 235 Å². The number of hydrogen-bond donors (Lipinski definition) is 8. The molecule has 0 aromatic rings. The number of nitrogens with two attached hydrogens (primary N) is 2. The van der Waals surface area contributed by atoms with Crippen LogP contribution >= 0.6 is 43.2 Å². The summed E-state index contributed by atoms with van der Waals surface area (Å²) in [6.45, 7) is 5.18. The van der Waals surface area contributed by atoms with Crippen molar-refractivity contribution in [2.45, 2.75) is 264 Å². The summed E-state index contributed by atoms with van der Waals surface area (Å²) in [5.41, 5.74) is 16.2. The molecule has 10 N–H and O–H groups in total. The summed E-state index contributed by atoms with van der Waals surface area (Å²) in [6, 6.07) is -1.02. The first-order valence-corrected chi connectivity index (χ1v) is 37.1. The Bertz CT molecular complexity index is 1760. The van der Waals surface area contributed by atoms with Gasteiger partial charge in [0.2, 0.25) is 23.6 Å². The average molecular weight is 1240 g/mol. The molecule has 1 atom stereocenters. The van der Waals surface area contributed by atoms with Crippen LogP contribution in [0.4, 0.5) is 0 Å². The molecule has 0 spiro atoms. The van der Waals surface area contributed by atoms with Gasteiger partial charge in [-0.2, -0.15) is 10.2 Å². The number of carbonyl (C=O) groups is 6. The highest BCUT2D eigenvalue weighted by Gasteiger charge is 2.19. The van der Waals surface area contributed by atoms with E-state index in [1.807, 2.05) is 0 Å². The van der Waals surface area contributed by atoms with Crippen LogP contribution in [-0.2, 0) is 28.8 Å². The van der Waals surface area contributed by atoms with Gasteiger partial charge in [0.1, 0.15) is 6.04 Å². The van der Waals surface area contributed by atoms with Crippen molar-refractivity contribution in [3.05, 3.63) is 24.3 Å². The Morgan fingerprint density at radius 1 is 0.373 bits per heavy atom. The van der Waals surface area contributed by atoms with Crippen LogP contribution in [0.15, 0.2) is 39.5 Å². The fraction of sp³-hybridized carbons (Fsp3) is 0.790. The van der Waals surface area contributed by atoms with Crippen LogP contribution in [0, 0.1) is 0 Å². The van der Waals surface area contributed by atoms with E-state index in [4.69, 9.17) is 11.5 Å². The maximum Gasteiger partial charge on any atom is 0.250 e. The van der Waals surface area contributed by atoms with Gasteiger partial charge in [-0.3, -0.25) is 28.8 Å². The van der Waals surface area contributed by atoms with Gasteiger partial charge in [0.25, 0.3) is 11.8 Å². The van der Waals surface area contributed by atoms with E-state index in [1.54, 1.807) is 12.4 Å². The van der Waals surface area contributed by atoms with Crippen LogP contribution in [0.3, 0.4) is 0 Å². The number of nitrogens with zero attached hydrogens (tertiary/aromatic N) is 3. The summed E-state index contributed by atoms with van der Waals surface area (Å²) in [5, 5.41) is 18.9. The molecule has 17 nitrogen and oxygen atoms in total. The molecule has 0 radical (unpaired) electrons. The van der Waals surface area contributed by atoms with E-state index in [2.05, 4.69) is 85.5 Å². The van der Waals surface area contributed by atoms with Crippen molar-refractivity contribution in [3.8, 4) is 0 Å². The first-order chi connectivity index (χ1) is 40.6. The molecule has 0 aliphatic carbocycles. The molecule has 0 saturated heterocycles. The van der Waals surface area contributed by atoms with E-state index in [-0.39, 0.29) is 97.5 Å². The molecule has 21 heteroatoms. The van der Waals surface area contributed by atoms with Crippen molar-refractivity contribution in [1.82, 2.24) is 32.1 Å². The fourth-order valence-electron chi connectivity index (χ4n) is 8.64. The predicted molar refractivity (Wildman–Crippen MR) is 360 cm³/mol. The molecular weight excluding hydrogens is 1120 g/mol. The smallest absolute Gasteiger partial charge is 0.250 e. The van der Waals surface area contributed by atoms with E-state index in [9.17, 15) is 28.8 Å². The highest BCUT2D eigenvalue weighted by Crippen LogP contribution is 2.21. The quantitative estimate of drug-likeness (QED) is 0.00706. The highest BCUT2D eigenvalue weighted by molar-refractivity contribution is 8.77. The summed E-state index contributed by atoms with van der Waals surface area (Å²) in [7, 11) is 5.01. The van der Waals surface area contributed by atoms with E-state index >= 15 is 0 Å². The Labute approximate surface area is 518 Å². The summed E-state index contributed by atoms with van der Waals surface area (Å²) < 4.78 is 0. The molecule has 0 rings (SSSR count). The minimum Gasteiger partial charge on any atom is -0.370 e. The second kappa shape index (κ2) is 64.3. The van der Waals surface area contributed by atoms with Crippen LogP contribution < -0.4 is 43.6 Å². The molecular formula is C62H115N11O6S4. The van der Waals surface area contributed by atoms with Gasteiger partial charge in [0.05, 0.1) is 23.0 Å². The lowest BCUT2D eigenvalue weighted by molar-refractivity contribution is -0.124. The second-order valence-electron chi connectivity index (χ2n) is 21.3. The van der Waals surface area contributed by atoms with E-state index in [1.165, 1.54) is 242 Å². The van der Waals surface area contributed by atoms with Crippen molar-refractivity contribution in [2.24, 2.45) is 26.7 Å². The lowest BCUT2D eigenvalue weighted by atomic mass is 10.1. The van der Waals surface area contributed by atoms with Crippen molar-refractivity contribution in [2.75, 3.05) is 49.2 Å². The number of nitrogens with one attached hydrogen (secondary N) is 6. The number of allylic oxidation sites excluding steroid dienone is 4. The van der Waals surface area contributed by atoms with Crippen LogP contribution in [-0.4, -0.2) is 109 Å². The van der Waals surface area contributed by atoms with Crippen LogP contribution in [0.25, 0.3) is 0 Å². The Kier molecular flexibility index (Phi) is 61.5. The van der Waals surface area contributed by atoms with Crippen LogP contribution in [0.5, 0.6) is 0 Å². The van der Waals surface area contributed by atoms with E-state index < -0.39 is 11.9 Å². The molecule has 0 unspecified atom stereocenters. The van der Waals surface area contributed by atoms with E-state index in [0.29, 0.717) is 0 Å². The molecule has 0 saturated carbocycles. The summed E-state index contributed by atoms with van der Waals surface area (Å²) >= 11 is 0. The largest absolute Gasteiger partial charge is 0.370 e. The highest BCUT2D eigenvalue weighted by atomic mass is 33.1. The zero-order valence-corrected chi connectivity index (χ0v) is 54.9. The lowest BCUT2D eigenvalue weighted by Crippen LogP contribution is -2.41. The fourth-order valence-corrected chi connectivity index (χ4v) is 12.0. The molecule has 0 aliphatic rings. The number of guanidine groups is 1. The van der Waals surface area contributed by atoms with Gasteiger partial charge in [-0.25, -0.2) is 15.8 Å². The van der Waals surface area contributed by atoms with Crippen LogP contribution in [0.2, 0.25) is 0 Å². The standard InChI is InChI=1S/C62H115N11O6S4/c1-3-5-7-9-11-13-15-17-19-21-23-25-27-29-31-33-35-37-39-41-45-69-72-59(77)53-82-80-51-57(75)66-48-47-65-56(74)44-43-55(71-62(63)64)61(79)68-50-49-67-58(76)52-81-83-54-60(78)73-70-46-42-40-38-36-34-32-30-28-26-24-22-20-18-16-14-12-10-8-6-4-2/h17-20,45-46,55H,3-16,21-44,47-54H2,1-2H3,(H,65,74)(H,66,75)(H,67,76)(H,68,79)(H,72,77)(H,73,78)(H4,63,64,71)/b19-17-,20-18-,69-45-,70-46-/t55-/m0/s1. The number of hydrazone groups is 2. The number of amides is 6. The van der Waals surface area contributed by atoms with E-state index in [0.717, 1.165) is 32.1 Å². The van der Waals surface area contributed by atoms with Crippen molar-refractivity contribution < 1.29 is 28.8 Å². The number of rotatable bonds is 61. The molecule has 478 valence electrons. The minimum absolute atomic E-state index is 0.0323. The third-order valence-corrected chi connectivity index (χ3v) is 17.7. The lowest BCUT2D eigenvalue weighted by Gasteiger charge is -2.14. The summed E-state index contributed by atoms with van der Waals surface area (Å²) in [6.07, 6.45) is 58.6. The Morgan fingerprint density at radius 2 is 0.663 bits per heavy atom. The molecule has 0 aromatic carbocycles. The zero-order valence-electron chi connectivity index (χ0n) is 51.6. The normalized spacial score (nSPS) is 11.9. The van der Waals surface area contributed by atoms with Gasteiger partial charge < -0.3 is 32.7 Å². The maximum atomic E-state index is 12.8. The Balaban J connectivity index is 3.82. The molecule has 83 heavy (non-hydrogen) atoms. The van der Waals surface area contributed by atoms with Crippen molar-refractivity contribution in [3.63, 3.8) is 0 Å². The Hall–Kier alpha value is -3.69. The first kappa shape index (κ1) is 79.3. The SMILES string of the molecule is CCCCCCCC/C=C\CCCCCCCCCCC/C=N\NC(=O)CSSCC(=O)NCCNC(=O)CC[C@H](N=C(N)N)C(=O)NCCNC(=O)CSSCC(=O)N/N=C\CCCCCCCCCCC/C=C\CCCCCCCC. The summed E-state index contributed by atoms with van der Waals surface area (Å²) in [5.74, 6) is -1.54. The predicted octanol–water partition coefficient (Wildman–Crippen LogP) is 13.0. The van der Waals surface area contributed by atoms with Crippen molar-refractivity contribution >= 4 is 97.0 Å². The molecule has 0 heterocycles. The van der Waals surface area contributed by atoms with Gasteiger partial charge in [0, 0.05) is 45.0 Å². The zero-order chi connectivity index (χ0) is 60.6. The number of hydrogen-bond acceptors (Lipinski definition) is 13.